The van der Waals surface area contributed by atoms with Gasteiger partial charge in [-0.1, -0.05) is 18.2 Å². The van der Waals surface area contributed by atoms with E-state index in [2.05, 4.69) is 10.3 Å². The Morgan fingerprint density at radius 1 is 1.32 bits per heavy atom. The molecule has 19 heavy (non-hydrogen) atoms. The largest absolute Gasteiger partial charge is 0.354 e. The highest BCUT2D eigenvalue weighted by Crippen LogP contribution is 2.36. The molecular weight excluding hydrogens is 280 g/mol. The Kier molecular flexibility index (Phi) is 2.87. The van der Waals surface area contributed by atoms with Crippen LogP contribution in [0.5, 0.6) is 0 Å². The molecule has 1 atom stereocenters. The van der Waals surface area contributed by atoms with Gasteiger partial charge in [-0.15, -0.1) is 11.3 Å². The molecule has 1 aliphatic rings. The molecule has 1 aromatic carbocycles. The molecule has 0 aliphatic carbocycles. The van der Waals surface area contributed by atoms with Gasteiger partial charge in [-0.25, -0.2) is 13.4 Å². The van der Waals surface area contributed by atoms with Crippen molar-refractivity contribution in [2.45, 2.75) is 24.8 Å². The van der Waals surface area contributed by atoms with Gasteiger partial charge in [-0.3, -0.25) is 0 Å². The van der Waals surface area contributed by atoms with E-state index in [-0.39, 0.29) is 11.8 Å². The number of thiazole rings is 1. The van der Waals surface area contributed by atoms with E-state index in [1.165, 1.54) is 0 Å². The van der Waals surface area contributed by atoms with Gasteiger partial charge in [0.25, 0.3) is 0 Å². The number of rotatable bonds is 2. The maximum absolute atomic E-state index is 12.1. The van der Waals surface area contributed by atoms with Crippen LogP contribution in [0.15, 0.2) is 29.2 Å². The minimum absolute atomic E-state index is 0.101. The van der Waals surface area contributed by atoms with Gasteiger partial charge in [-0.05, 0) is 25.5 Å². The second-order valence-corrected chi connectivity index (χ2v) is 7.88. The maximum atomic E-state index is 12.1. The molecule has 3 rings (SSSR count). The van der Waals surface area contributed by atoms with Crippen molar-refractivity contribution in [2.24, 2.45) is 0 Å². The number of hydrogen-bond acceptors (Lipinski definition) is 5. The van der Waals surface area contributed by atoms with Crippen molar-refractivity contribution in [3.8, 4) is 0 Å². The van der Waals surface area contributed by atoms with Crippen molar-refractivity contribution in [3.05, 3.63) is 40.4 Å². The highest BCUT2D eigenvalue weighted by molar-refractivity contribution is 7.91. The summed E-state index contributed by atoms with van der Waals surface area (Å²) >= 11 is 1.56. The number of aryl methyl sites for hydroxylation is 2. The van der Waals surface area contributed by atoms with Crippen LogP contribution in [0.1, 0.15) is 22.2 Å². The number of nitrogens with one attached hydrogen (secondary N) is 1. The fraction of sp³-hybridized carbons (Fsp3) is 0.308. The van der Waals surface area contributed by atoms with Gasteiger partial charge in [-0.2, -0.15) is 0 Å². The third kappa shape index (κ3) is 2.15. The highest BCUT2D eigenvalue weighted by Gasteiger charge is 2.34. The summed E-state index contributed by atoms with van der Waals surface area (Å²) in [7, 11) is -3.16. The molecule has 0 radical (unpaired) electrons. The van der Waals surface area contributed by atoms with E-state index in [0.717, 1.165) is 21.3 Å². The first kappa shape index (κ1) is 12.6. The van der Waals surface area contributed by atoms with Crippen molar-refractivity contribution in [3.63, 3.8) is 0 Å². The SMILES string of the molecule is Cc1nc(NC2CS(=O)(=O)c3ccccc32)sc1C. The van der Waals surface area contributed by atoms with Crippen LogP contribution in [0.2, 0.25) is 0 Å². The summed E-state index contributed by atoms with van der Waals surface area (Å²) in [6.07, 6.45) is 0. The fourth-order valence-electron chi connectivity index (χ4n) is 2.25. The number of sulfone groups is 1. The van der Waals surface area contributed by atoms with E-state index in [1.807, 2.05) is 26.0 Å². The standard InChI is InChI=1S/C13H14N2O2S2/c1-8-9(2)18-13(14-8)15-11-7-19(16,17)12-6-4-3-5-10(11)12/h3-6,11H,7H2,1-2H3,(H,14,15). The number of anilines is 1. The Balaban J connectivity index is 1.96. The van der Waals surface area contributed by atoms with Crippen LogP contribution in [-0.4, -0.2) is 19.2 Å². The highest BCUT2D eigenvalue weighted by atomic mass is 32.2. The molecule has 0 saturated carbocycles. The normalized spacial score (nSPS) is 20.2. The Morgan fingerprint density at radius 3 is 2.74 bits per heavy atom. The van der Waals surface area contributed by atoms with Crippen LogP contribution in [-0.2, 0) is 9.84 Å². The Bertz CT molecular complexity index is 715. The minimum Gasteiger partial charge on any atom is -0.354 e. The predicted molar refractivity (Wildman–Crippen MR) is 76.4 cm³/mol. The number of benzene rings is 1. The van der Waals surface area contributed by atoms with Gasteiger partial charge < -0.3 is 5.32 Å². The molecule has 0 bridgehead atoms. The topological polar surface area (TPSA) is 59.1 Å². The van der Waals surface area contributed by atoms with Crippen molar-refractivity contribution in [2.75, 3.05) is 11.1 Å². The average Bonchev–Trinajstić information content (AvgIpc) is 2.79. The van der Waals surface area contributed by atoms with Crippen molar-refractivity contribution in [1.29, 1.82) is 0 Å². The third-order valence-electron chi connectivity index (χ3n) is 3.34. The Labute approximate surface area is 116 Å². The lowest BCUT2D eigenvalue weighted by Crippen LogP contribution is -2.12. The second kappa shape index (κ2) is 4.31. The van der Waals surface area contributed by atoms with Crippen LogP contribution in [0.3, 0.4) is 0 Å². The number of fused-ring (bicyclic) bond motifs is 1. The number of hydrogen-bond donors (Lipinski definition) is 1. The minimum atomic E-state index is -3.16. The number of nitrogens with zero attached hydrogens (tertiary/aromatic N) is 1. The van der Waals surface area contributed by atoms with Crippen LogP contribution in [0.4, 0.5) is 5.13 Å². The molecule has 100 valence electrons. The van der Waals surface area contributed by atoms with Gasteiger partial charge in [0.1, 0.15) is 0 Å². The molecule has 0 fully saturated rings. The van der Waals surface area contributed by atoms with Crippen molar-refractivity contribution in [1.82, 2.24) is 4.98 Å². The lowest BCUT2D eigenvalue weighted by atomic mass is 10.1. The van der Waals surface area contributed by atoms with Crippen molar-refractivity contribution >= 4 is 26.3 Å². The Morgan fingerprint density at radius 2 is 2.05 bits per heavy atom. The van der Waals surface area contributed by atoms with Gasteiger partial charge >= 0.3 is 0 Å². The summed E-state index contributed by atoms with van der Waals surface area (Å²) in [6.45, 7) is 3.97. The zero-order chi connectivity index (χ0) is 13.6. The van der Waals surface area contributed by atoms with Gasteiger partial charge in [0.2, 0.25) is 0 Å². The molecule has 1 aromatic heterocycles. The molecule has 0 amide bonds. The summed E-state index contributed by atoms with van der Waals surface area (Å²) in [4.78, 5) is 6.00. The number of aromatic nitrogens is 1. The molecule has 0 saturated heterocycles. The maximum Gasteiger partial charge on any atom is 0.183 e. The summed E-state index contributed by atoms with van der Waals surface area (Å²) in [6, 6.07) is 6.96. The van der Waals surface area contributed by atoms with Crippen LogP contribution in [0.25, 0.3) is 0 Å². The van der Waals surface area contributed by atoms with Crippen LogP contribution in [0, 0.1) is 13.8 Å². The summed E-state index contributed by atoms with van der Waals surface area (Å²) in [5.41, 5.74) is 1.83. The van der Waals surface area contributed by atoms with Gasteiger partial charge in [0.05, 0.1) is 22.4 Å². The molecule has 1 aliphatic heterocycles. The second-order valence-electron chi connectivity index (χ2n) is 4.68. The summed E-state index contributed by atoms with van der Waals surface area (Å²) < 4.78 is 24.1. The van der Waals surface area contributed by atoms with E-state index in [4.69, 9.17) is 0 Å². The molecule has 2 heterocycles. The summed E-state index contributed by atoms with van der Waals surface area (Å²) in [5.74, 6) is 0.101. The fourth-order valence-corrected chi connectivity index (χ4v) is 4.86. The first-order valence-corrected chi connectivity index (χ1v) is 8.46. The molecule has 1 N–H and O–H groups in total. The van der Waals surface area contributed by atoms with Crippen molar-refractivity contribution < 1.29 is 8.42 Å². The Hall–Kier alpha value is -1.40. The molecule has 2 aromatic rings. The van der Waals surface area contributed by atoms with E-state index in [0.29, 0.717) is 4.90 Å². The monoisotopic (exact) mass is 294 g/mol. The quantitative estimate of drug-likeness (QED) is 0.925. The summed E-state index contributed by atoms with van der Waals surface area (Å²) in [5, 5.41) is 4.03. The van der Waals surface area contributed by atoms with Gasteiger partial charge in [0.15, 0.2) is 15.0 Å². The van der Waals surface area contributed by atoms with E-state index >= 15 is 0 Å². The van der Waals surface area contributed by atoms with E-state index < -0.39 is 9.84 Å². The molecule has 1 unspecified atom stereocenters. The van der Waals surface area contributed by atoms with Gasteiger partial charge in [0, 0.05) is 4.88 Å². The molecular formula is C13H14N2O2S2. The molecule has 6 heteroatoms. The lowest BCUT2D eigenvalue weighted by Gasteiger charge is -2.10. The predicted octanol–water partition coefficient (Wildman–Crippen LogP) is 2.70. The molecule has 4 nitrogen and oxygen atoms in total. The van der Waals surface area contributed by atoms with E-state index in [9.17, 15) is 8.42 Å². The molecule has 0 spiro atoms. The lowest BCUT2D eigenvalue weighted by molar-refractivity contribution is 0.598. The smallest absolute Gasteiger partial charge is 0.183 e. The average molecular weight is 294 g/mol. The first-order valence-electron chi connectivity index (χ1n) is 5.99. The van der Waals surface area contributed by atoms with Crippen LogP contribution < -0.4 is 5.32 Å². The third-order valence-corrected chi connectivity index (χ3v) is 6.16. The van der Waals surface area contributed by atoms with Crippen LogP contribution >= 0.6 is 11.3 Å². The first-order chi connectivity index (χ1) is 8.97. The zero-order valence-corrected chi connectivity index (χ0v) is 12.3. The van der Waals surface area contributed by atoms with E-state index in [1.54, 1.807) is 23.5 Å². The zero-order valence-electron chi connectivity index (χ0n) is 10.7.